The third kappa shape index (κ3) is 3.26. The van der Waals surface area contributed by atoms with Crippen LogP contribution in [0, 0.1) is 0 Å². The first-order valence-electron chi connectivity index (χ1n) is 8.41. The molecule has 7 heteroatoms. The topological polar surface area (TPSA) is 85.6 Å². The smallest absolute Gasteiger partial charge is 0.275 e. The van der Waals surface area contributed by atoms with Crippen LogP contribution < -0.4 is 5.32 Å². The van der Waals surface area contributed by atoms with Crippen molar-refractivity contribution < 1.29 is 4.79 Å². The van der Waals surface area contributed by atoms with Gasteiger partial charge in [-0.05, 0) is 25.0 Å². The lowest BCUT2D eigenvalue weighted by molar-refractivity contribution is 0.102. The summed E-state index contributed by atoms with van der Waals surface area (Å²) in [6.45, 7) is 0.938. The number of nitrogens with one attached hydrogen (secondary N) is 1. The standard InChI is InChI=1S/C18H18N6O/c25-18(15-12-19-8-9-20-15)21-14-6-4-5-13(11-14)17-23-22-16-7-2-1-3-10-24(16)17/h4-6,8-9,11-12H,1-3,7,10H2,(H,21,25). The van der Waals surface area contributed by atoms with E-state index >= 15 is 0 Å². The zero-order valence-corrected chi connectivity index (χ0v) is 13.7. The van der Waals surface area contributed by atoms with Crippen molar-refractivity contribution >= 4 is 11.6 Å². The maximum Gasteiger partial charge on any atom is 0.275 e. The van der Waals surface area contributed by atoms with Crippen molar-refractivity contribution in [1.82, 2.24) is 24.7 Å². The highest BCUT2D eigenvalue weighted by molar-refractivity contribution is 6.02. The first-order chi connectivity index (χ1) is 12.3. The summed E-state index contributed by atoms with van der Waals surface area (Å²) in [5, 5.41) is 11.6. The second-order valence-corrected chi connectivity index (χ2v) is 6.03. The van der Waals surface area contributed by atoms with E-state index in [9.17, 15) is 4.79 Å². The minimum absolute atomic E-state index is 0.282. The van der Waals surface area contributed by atoms with Gasteiger partial charge in [0.1, 0.15) is 11.5 Å². The molecular weight excluding hydrogens is 316 g/mol. The fourth-order valence-electron chi connectivity index (χ4n) is 3.05. The Kier molecular flexibility index (Phi) is 4.20. The summed E-state index contributed by atoms with van der Waals surface area (Å²) in [5.41, 5.74) is 1.92. The Balaban J connectivity index is 1.60. The molecule has 3 aromatic rings. The van der Waals surface area contributed by atoms with Crippen molar-refractivity contribution in [3.63, 3.8) is 0 Å². The fraction of sp³-hybridized carbons (Fsp3) is 0.278. The maximum absolute atomic E-state index is 12.2. The molecule has 0 spiro atoms. The summed E-state index contributed by atoms with van der Waals surface area (Å²) in [7, 11) is 0. The number of aryl methyl sites for hydroxylation is 1. The van der Waals surface area contributed by atoms with Crippen molar-refractivity contribution in [2.24, 2.45) is 0 Å². The van der Waals surface area contributed by atoms with Gasteiger partial charge in [-0.2, -0.15) is 0 Å². The molecule has 0 radical (unpaired) electrons. The third-order valence-electron chi connectivity index (χ3n) is 4.28. The first-order valence-corrected chi connectivity index (χ1v) is 8.41. The van der Waals surface area contributed by atoms with E-state index in [4.69, 9.17) is 0 Å². The van der Waals surface area contributed by atoms with E-state index in [1.54, 1.807) is 0 Å². The second-order valence-electron chi connectivity index (χ2n) is 6.03. The average Bonchev–Trinajstić information content (AvgIpc) is 2.91. The molecule has 3 heterocycles. The number of aromatic nitrogens is 5. The third-order valence-corrected chi connectivity index (χ3v) is 4.28. The zero-order valence-electron chi connectivity index (χ0n) is 13.7. The van der Waals surface area contributed by atoms with Crippen molar-refractivity contribution in [3.8, 4) is 11.4 Å². The lowest BCUT2D eigenvalue weighted by Crippen LogP contribution is -2.13. The highest BCUT2D eigenvalue weighted by Gasteiger charge is 2.16. The molecule has 1 amide bonds. The minimum atomic E-state index is -0.287. The molecule has 126 valence electrons. The minimum Gasteiger partial charge on any atom is -0.321 e. The van der Waals surface area contributed by atoms with E-state index in [1.807, 2.05) is 24.3 Å². The largest absolute Gasteiger partial charge is 0.321 e. The SMILES string of the molecule is O=C(Nc1cccc(-c2nnc3n2CCCCC3)c1)c1cnccn1. The molecule has 0 bridgehead atoms. The number of nitrogens with zero attached hydrogens (tertiary/aromatic N) is 5. The molecule has 0 saturated heterocycles. The van der Waals surface area contributed by atoms with Crippen LogP contribution in [0.2, 0.25) is 0 Å². The van der Waals surface area contributed by atoms with Crippen molar-refractivity contribution in [1.29, 1.82) is 0 Å². The van der Waals surface area contributed by atoms with Crippen LogP contribution in [0.5, 0.6) is 0 Å². The lowest BCUT2D eigenvalue weighted by atomic mass is 10.2. The summed E-state index contributed by atoms with van der Waals surface area (Å²) in [6.07, 6.45) is 8.96. The van der Waals surface area contributed by atoms with Gasteiger partial charge >= 0.3 is 0 Å². The van der Waals surface area contributed by atoms with Gasteiger partial charge in [-0.1, -0.05) is 18.6 Å². The van der Waals surface area contributed by atoms with Gasteiger partial charge in [0.05, 0.1) is 6.20 Å². The Bertz CT molecular complexity index is 890. The van der Waals surface area contributed by atoms with Crippen LogP contribution in [0.3, 0.4) is 0 Å². The van der Waals surface area contributed by atoms with E-state index in [2.05, 4.69) is 30.0 Å². The monoisotopic (exact) mass is 334 g/mol. The molecule has 25 heavy (non-hydrogen) atoms. The van der Waals surface area contributed by atoms with Crippen LogP contribution >= 0.6 is 0 Å². The van der Waals surface area contributed by atoms with Gasteiger partial charge in [-0.15, -0.1) is 10.2 Å². The lowest BCUT2D eigenvalue weighted by Gasteiger charge is -2.09. The first kappa shape index (κ1) is 15.4. The number of amides is 1. The Morgan fingerprint density at radius 1 is 1.12 bits per heavy atom. The number of hydrogen-bond donors (Lipinski definition) is 1. The summed E-state index contributed by atoms with van der Waals surface area (Å²) in [5.74, 6) is 1.61. The fourth-order valence-corrected chi connectivity index (χ4v) is 3.05. The predicted molar refractivity (Wildman–Crippen MR) is 93.0 cm³/mol. The van der Waals surface area contributed by atoms with Gasteiger partial charge < -0.3 is 9.88 Å². The molecule has 0 saturated carbocycles. The zero-order chi connectivity index (χ0) is 17.1. The maximum atomic E-state index is 12.2. The van der Waals surface area contributed by atoms with Gasteiger partial charge in [0.2, 0.25) is 0 Å². The van der Waals surface area contributed by atoms with E-state index < -0.39 is 0 Å². The van der Waals surface area contributed by atoms with E-state index in [1.165, 1.54) is 25.0 Å². The summed E-state index contributed by atoms with van der Waals surface area (Å²) in [6, 6.07) is 7.65. The molecule has 7 nitrogen and oxygen atoms in total. The van der Waals surface area contributed by atoms with Gasteiger partial charge in [0.25, 0.3) is 5.91 Å². The second kappa shape index (κ2) is 6.80. The van der Waals surface area contributed by atoms with Crippen LogP contribution in [0.15, 0.2) is 42.9 Å². The number of benzene rings is 1. The number of fused-ring (bicyclic) bond motifs is 1. The molecule has 0 fully saturated rings. The Morgan fingerprint density at radius 2 is 2.08 bits per heavy atom. The van der Waals surface area contributed by atoms with Crippen LogP contribution in [-0.2, 0) is 13.0 Å². The van der Waals surface area contributed by atoms with E-state index in [0.29, 0.717) is 5.69 Å². The molecule has 2 aromatic heterocycles. The van der Waals surface area contributed by atoms with Crippen LogP contribution in [-0.4, -0.2) is 30.6 Å². The van der Waals surface area contributed by atoms with Crippen molar-refractivity contribution in [3.05, 3.63) is 54.4 Å². The van der Waals surface area contributed by atoms with Crippen LogP contribution in [0.4, 0.5) is 5.69 Å². The van der Waals surface area contributed by atoms with Crippen molar-refractivity contribution in [2.75, 3.05) is 5.32 Å². The number of carbonyl (C=O) groups is 1. The molecule has 4 rings (SSSR count). The molecule has 0 aliphatic carbocycles. The summed E-state index contributed by atoms with van der Waals surface area (Å²) < 4.78 is 2.19. The highest BCUT2D eigenvalue weighted by Crippen LogP contribution is 2.25. The Morgan fingerprint density at radius 3 is 2.96 bits per heavy atom. The average molecular weight is 334 g/mol. The van der Waals surface area contributed by atoms with Crippen LogP contribution in [0.1, 0.15) is 35.6 Å². The molecule has 1 aliphatic heterocycles. The van der Waals surface area contributed by atoms with Gasteiger partial charge in [0.15, 0.2) is 5.82 Å². The Hall–Kier alpha value is -3.09. The number of carbonyl (C=O) groups excluding carboxylic acids is 1. The molecular formula is C18H18N6O. The van der Waals surface area contributed by atoms with E-state index in [-0.39, 0.29) is 11.6 Å². The van der Waals surface area contributed by atoms with Gasteiger partial charge in [-0.3, -0.25) is 9.78 Å². The molecule has 1 N–H and O–H groups in total. The normalized spacial score (nSPS) is 13.8. The Labute approximate surface area is 145 Å². The predicted octanol–water partition coefficient (Wildman–Crippen LogP) is 2.71. The summed E-state index contributed by atoms with van der Waals surface area (Å²) >= 11 is 0. The number of anilines is 1. The number of rotatable bonds is 3. The van der Waals surface area contributed by atoms with Crippen molar-refractivity contribution in [2.45, 2.75) is 32.2 Å². The molecule has 0 unspecified atom stereocenters. The number of hydrogen-bond acceptors (Lipinski definition) is 5. The highest BCUT2D eigenvalue weighted by atomic mass is 16.1. The molecule has 1 aliphatic rings. The van der Waals surface area contributed by atoms with Crippen LogP contribution in [0.25, 0.3) is 11.4 Å². The quantitative estimate of drug-likeness (QED) is 0.796. The summed E-state index contributed by atoms with van der Waals surface area (Å²) in [4.78, 5) is 20.2. The van der Waals surface area contributed by atoms with E-state index in [0.717, 1.165) is 43.0 Å². The van der Waals surface area contributed by atoms with Gasteiger partial charge in [0, 0.05) is 36.6 Å². The molecule has 0 atom stereocenters. The molecule has 1 aromatic carbocycles. The van der Waals surface area contributed by atoms with Gasteiger partial charge in [-0.25, -0.2) is 4.98 Å².